The van der Waals surface area contributed by atoms with Crippen LogP contribution < -0.4 is 5.32 Å². The maximum absolute atomic E-state index is 12.2. The van der Waals surface area contributed by atoms with Crippen molar-refractivity contribution in [2.75, 3.05) is 12.3 Å². The molecule has 3 rings (SSSR count). The average molecular weight is 408 g/mol. The minimum atomic E-state index is -0.0247. The highest BCUT2D eigenvalue weighted by Crippen LogP contribution is 2.19. The Morgan fingerprint density at radius 3 is 3.00 bits per heavy atom. The lowest BCUT2D eigenvalue weighted by atomic mass is 10.2. The lowest BCUT2D eigenvalue weighted by Crippen LogP contribution is -2.31. The van der Waals surface area contributed by atoms with Crippen LogP contribution in [-0.2, 0) is 29.2 Å². The van der Waals surface area contributed by atoms with E-state index in [1.807, 2.05) is 33.9 Å². The molecule has 1 fully saturated rings. The summed E-state index contributed by atoms with van der Waals surface area (Å²) in [6, 6.07) is 3.98. The highest BCUT2D eigenvalue weighted by atomic mass is 32.2. The number of hydrogen-bond acceptors (Lipinski definition) is 6. The first kappa shape index (κ1) is 19.9. The van der Waals surface area contributed by atoms with E-state index in [1.54, 1.807) is 11.3 Å². The Bertz CT molecular complexity index is 760. The van der Waals surface area contributed by atoms with Gasteiger partial charge in [-0.3, -0.25) is 9.59 Å². The Morgan fingerprint density at radius 1 is 1.33 bits per heavy atom. The van der Waals surface area contributed by atoms with E-state index < -0.39 is 0 Å². The van der Waals surface area contributed by atoms with Crippen molar-refractivity contribution in [1.29, 1.82) is 0 Å². The van der Waals surface area contributed by atoms with Gasteiger partial charge in [0.15, 0.2) is 11.0 Å². The van der Waals surface area contributed by atoms with Crippen molar-refractivity contribution in [2.45, 2.75) is 57.4 Å². The van der Waals surface area contributed by atoms with Crippen molar-refractivity contribution in [3.63, 3.8) is 0 Å². The van der Waals surface area contributed by atoms with Gasteiger partial charge in [0.2, 0.25) is 11.8 Å². The number of carbonyl (C=O) groups excluding carboxylic acids is 2. The predicted octanol–water partition coefficient (Wildman–Crippen LogP) is 2.67. The van der Waals surface area contributed by atoms with Crippen LogP contribution in [0.25, 0.3) is 0 Å². The minimum Gasteiger partial charge on any atom is -0.350 e. The van der Waals surface area contributed by atoms with Crippen LogP contribution in [0, 0.1) is 0 Å². The first-order valence-corrected chi connectivity index (χ1v) is 11.2. The van der Waals surface area contributed by atoms with Crippen molar-refractivity contribution >= 4 is 34.9 Å². The van der Waals surface area contributed by atoms with E-state index >= 15 is 0 Å². The Balaban J connectivity index is 1.55. The van der Waals surface area contributed by atoms with Gasteiger partial charge in [-0.15, -0.1) is 21.5 Å². The maximum atomic E-state index is 12.2. The summed E-state index contributed by atoms with van der Waals surface area (Å²) in [5.41, 5.74) is 0. The highest BCUT2D eigenvalue weighted by Gasteiger charge is 2.20. The SMILES string of the molecule is CCn1c(CN2CCCCCC2=O)nnc1SCC(=O)NCc1cccs1. The molecular weight excluding hydrogens is 382 g/mol. The van der Waals surface area contributed by atoms with Gasteiger partial charge in [0, 0.05) is 24.4 Å². The topological polar surface area (TPSA) is 80.1 Å². The van der Waals surface area contributed by atoms with E-state index in [4.69, 9.17) is 0 Å². The van der Waals surface area contributed by atoms with Crippen LogP contribution in [0.1, 0.15) is 43.3 Å². The smallest absolute Gasteiger partial charge is 0.230 e. The molecule has 1 aliphatic rings. The summed E-state index contributed by atoms with van der Waals surface area (Å²) in [4.78, 5) is 27.3. The summed E-state index contributed by atoms with van der Waals surface area (Å²) in [6.45, 7) is 4.56. The fraction of sp³-hybridized carbons (Fsp3) is 0.556. The second-order valence-electron chi connectivity index (χ2n) is 6.41. The lowest BCUT2D eigenvalue weighted by Gasteiger charge is -2.20. The van der Waals surface area contributed by atoms with Crippen molar-refractivity contribution in [3.05, 3.63) is 28.2 Å². The van der Waals surface area contributed by atoms with Gasteiger partial charge in [0.05, 0.1) is 18.8 Å². The fourth-order valence-corrected chi connectivity index (χ4v) is 4.51. The molecule has 0 atom stereocenters. The van der Waals surface area contributed by atoms with E-state index in [-0.39, 0.29) is 11.8 Å². The van der Waals surface area contributed by atoms with Gasteiger partial charge in [0.1, 0.15) is 0 Å². The molecule has 0 aromatic carbocycles. The molecule has 7 nitrogen and oxygen atoms in total. The van der Waals surface area contributed by atoms with Crippen molar-refractivity contribution < 1.29 is 9.59 Å². The second-order valence-corrected chi connectivity index (χ2v) is 8.39. The maximum Gasteiger partial charge on any atom is 0.230 e. The molecule has 1 saturated heterocycles. The summed E-state index contributed by atoms with van der Waals surface area (Å²) in [5.74, 6) is 1.25. The zero-order chi connectivity index (χ0) is 19.1. The molecule has 0 aliphatic carbocycles. The number of rotatable bonds is 8. The first-order valence-electron chi connectivity index (χ1n) is 9.29. The van der Waals surface area contributed by atoms with E-state index in [0.29, 0.717) is 31.8 Å². The Labute approximate surface area is 167 Å². The molecule has 27 heavy (non-hydrogen) atoms. The molecule has 1 aliphatic heterocycles. The molecule has 0 unspecified atom stereocenters. The average Bonchev–Trinajstić information content (AvgIpc) is 3.27. The van der Waals surface area contributed by atoms with Gasteiger partial charge in [0.25, 0.3) is 0 Å². The number of amides is 2. The van der Waals surface area contributed by atoms with Crippen LogP contribution >= 0.6 is 23.1 Å². The highest BCUT2D eigenvalue weighted by molar-refractivity contribution is 7.99. The molecule has 0 saturated carbocycles. The van der Waals surface area contributed by atoms with Crippen molar-refractivity contribution in [2.24, 2.45) is 0 Å². The predicted molar refractivity (Wildman–Crippen MR) is 106 cm³/mol. The lowest BCUT2D eigenvalue weighted by molar-refractivity contribution is -0.131. The number of nitrogens with zero attached hydrogens (tertiary/aromatic N) is 4. The molecule has 1 N–H and O–H groups in total. The Kier molecular flexibility index (Phi) is 7.28. The van der Waals surface area contributed by atoms with Gasteiger partial charge in [-0.05, 0) is 31.2 Å². The number of hydrogen-bond donors (Lipinski definition) is 1. The molecule has 2 amide bonds. The number of nitrogens with one attached hydrogen (secondary N) is 1. The minimum absolute atomic E-state index is 0.0247. The number of likely N-dealkylation sites (tertiary alicyclic amines) is 1. The number of thioether (sulfide) groups is 1. The molecule has 9 heteroatoms. The normalized spacial score (nSPS) is 15.0. The monoisotopic (exact) mass is 407 g/mol. The van der Waals surface area contributed by atoms with Crippen LogP contribution in [0.3, 0.4) is 0 Å². The Hall–Kier alpha value is -1.87. The van der Waals surface area contributed by atoms with Crippen molar-refractivity contribution in [1.82, 2.24) is 25.0 Å². The van der Waals surface area contributed by atoms with Gasteiger partial charge in [-0.1, -0.05) is 24.2 Å². The van der Waals surface area contributed by atoms with Gasteiger partial charge >= 0.3 is 0 Å². The zero-order valence-corrected chi connectivity index (χ0v) is 17.2. The standard InChI is InChI=1S/C18H25N5O2S2/c1-2-23-15(12-22-9-5-3-4-8-17(22)25)20-21-18(23)27-13-16(24)19-11-14-7-6-10-26-14/h6-7,10H,2-5,8-9,11-13H2,1H3,(H,19,24). The van der Waals surface area contributed by atoms with Crippen molar-refractivity contribution in [3.8, 4) is 0 Å². The quantitative estimate of drug-likeness (QED) is 0.681. The molecule has 2 aromatic heterocycles. The van der Waals surface area contributed by atoms with Crippen LogP contribution in [0.4, 0.5) is 0 Å². The molecule has 0 spiro atoms. The van der Waals surface area contributed by atoms with Crippen LogP contribution in [0.5, 0.6) is 0 Å². The molecular formula is C18H25N5O2S2. The third kappa shape index (κ3) is 5.55. The molecule has 3 heterocycles. The van der Waals surface area contributed by atoms with E-state index in [2.05, 4.69) is 15.5 Å². The number of aromatic nitrogens is 3. The number of thiophene rings is 1. The fourth-order valence-electron chi connectivity index (χ4n) is 3.02. The summed E-state index contributed by atoms with van der Waals surface area (Å²) in [7, 11) is 0. The molecule has 146 valence electrons. The number of carbonyl (C=O) groups is 2. The summed E-state index contributed by atoms with van der Waals surface area (Å²) in [6.07, 6.45) is 3.73. The van der Waals surface area contributed by atoms with Crippen LogP contribution in [0.2, 0.25) is 0 Å². The van der Waals surface area contributed by atoms with Crippen LogP contribution in [0.15, 0.2) is 22.7 Å². The third-order valence-corrected chi connectivity index (χ3v) is 6.33. The van der Waals surface area contributed by atoms with E-state index in [1.165, 1.54) is 11.8 Å². The largest absolute Gasteiger partial charge is 0.350 e. The summed E-state index contributed by atoms with van der Waals surface area (Å²) < 4.78 is 2.00. The van der Waals surface area contributed by atoms with E-state index in [0.717, 1.165) is 41.7 Å². The summed E-state index contributed by atoms with van der Waals surface area (Å²) >= 11 is 3.01. The molecule has 2 aromatic rings. The first-order chi connectivity index (χ1) is 13.2. The zero-order valence-electron chi connectivity index (χ0n) is 15.5. The summed E-state index contributed by atoms with van der Waals surface area (Å²) in [5, 5.41) is 14.2. The van der Waals surface area contributed by atoms with Gasteiger partial charge in [-0.25, -0.2) is 0 Å². The Morgan fingerprint density at radius 2 is 2.22 bits per heavy atom. The molecule has 0 bridgehead atoms. The van der Waals surface area contributed by atoms with Crippen LogP contribution in [-0.4, -0.2) is 43.8 Å². The third-order valence-electron chi connectivity index (χ3n) is 4.49. The van der Waals surface area contributed by atoms with E-state index in [9.17, 15) is 9.59 Å². The second kappa shape index (κ2) is 9.89. The van der Waals surface area contributed by atoms with Gasteiger partial charge in [-0.2, -0.15) is 0 Å². The van der Waals surface area contributed by atoms with Gasteiger partial charge < -0.3 is 14.8 Å². The molecule has 0 radical (unpaired) electrons.